The Morgan fingerprint density at radius 3 is 2.35 bits per heavy atom. The Morgan fingerprint density at radius 2 is 1.61 bits per heavy atom. The van der Waals surface area contributed by atoms with Crippen molar-refractivity contribution in [2.24, 2.45) is 11.8 Å². The van der Waals surface area contributed by atoms with E-state index in [1.165, 1.54) is 31.7 Å². The summed E-state index contributed by atoms with van der Waals surface area (Å²) in [6.07, 6.45) is 16.8. The van der Waals surface area contributed by atoms with Crippen LogP contribution in [0.15, 0.2) is 67.4 Å². The number of carbonyl (C=O) groups is 5. The normalized spacial score (nSPS) is 25.9. The summed E-state index contributed by atoms with van der Waals surface area (Å²) >= 11 is 0. The van der Waals surface area contributed by atoms with Crippen molar-refractivity contribution in [2.45, 2.75) is 139 Å². The maximum Gasteiger partial charge on any atom is 0.238 e. The van der Waals surface area contributed by atoms with Crippen LogP contribution in [-0.4, -0.2) is 126 Å². The molecule has 9 heterocycles. The lowest BCUT2D eigenvalue weighted by molar-refractivity contribution is -0.140. The lowest BCUT2D eigenvalue weighted by atomic mass is 9.73. The van der Waals surface area contributed by atoms with Gasteiger partial charge in [0.05, 0.1) is 46.7 Å². The number of imide groups is 1. The first kappa shape index (κ1) is 49.1. The molecule has 17 nitrogen and oxygen atoms in total. The van der Waals surface area contributed by atoms with E-state index in [2.05, 4.69) is 56.4 Å². The lowest BCUT2D eigenvalue weighted by Gasteiger charge is -2.48. The number of fused-ring (bicyclic) bond motifs is 3. The first-order valence-corrected chi connectivity index (χ1v) is 27.4. The molecule has 5 aromatic rings. The molecule has 1 unspecified atom stereocenters. The predicted molar refractivity (Wildman–Crippen MR) is 278 cm³/mol. The van der Waals surface area contributed by atoms with Crippen LogP contribution in [0.1, 0.15) is 127 Å². The summed E-state index contributed by atoms with van der Waals surface area (Å²) in [6.45, 7) is 8.23. The quantitative estimate of drug-likeness (QED) is 0.124. The molecule has 2 saturated carbocycles. The largest absolute Gasteiger partial charge is 0.474 e. The number of aromatic nitrogens is 5. The predicted octanol–water partition coefficient (Wildman–Crippen LogP) is 7.58. The molecule has 4 aromatic heterocycles. The number of piperidine rings is 3. The van der Waals surface area contributed by atoms with Gasteiger partial charge in [-0.2, -0.15) is 0 Å². The molecule has 0 bridgehead atoms. The van der Waals surface area contributed by atoms with Crippen LogP contribution in [-0.2, 0) is 29.4 Å². The monoisotopic (exact) mass is 1020 g/mol. The molecule has 4 saturated heterocycles. The van der Waals surface area contributed by atoms with Crippen molar-refractivity contribution in [2.75, 3.05) is 49.5 Å². The molecule has 5 amide bonds. The number of anilines is 3. The molecule has 75 heavy (non-hydrogen) atoms. The third-order valence-corrected chi connectivity index (χ3v) is 17.7. The first-order valence-electron chi connectivity index (χ1n) is 27.4. The molecule has 392 valence electrons. The van der Waals surface area contributed by atoms with Crippen molar-refractivity contribution in [3.63, 3.8) is 0 Å². The Morgan fingerprint density at radius 1 is 0.827 bits per heavy atom. The highest BCUT2D eigenvalue weighted by Gasteiger charge is 2.56. The van der Waals surface area contributed by atoms with Crippen molar-refractivity contribution >= 4 is 57.8 Å². The van der Waals surface area contributed by atoms with E-state index in [9.17, 15) is 19.2 Å². The fraction of sp³-hybridized carbons (Fsp3) is 0.526. The number of benzene rings is 1. The molecule has 6 fully saturated rings. The van der Waals surface area contributed by atoms with Gasteiger partial charge in [0.2, 0.25) is 35.4 Å². The van der Waals surface area contributed by atoms with E-state index in [0.717, 1.165) is 53.8 Å². The van der Waals surface area contributed by atoms with Gasteiger partial charge in [0.25, 0.3) is 0 Å². The summed E-state index contributed by atoms with van der Waals surface area (Å²) in [6, 6.07) is 14.0. The van der Waals surface area contributed by atoms with Crippen LogP contribution in [0.2, 0.25) is 0 Å². The number of rotatable bonds is 11. The van der Waals surface area contributed by atoms with Crippen molar-refractivity contribution in [3.8, 4) is 17.1 Å². The van der Waals surface area contributed by atoms with Gasteiger partial charge in [0.1, 0.15) is 11.6 Å². The Balaban J connectivity index is 0.715. The van der Waals surface area contributed by atoms with Crippen molar-refractivity contribution in [1.82, 2.24) is 44.5 Å². The van der Waals surface area contributed by atoms with E-state index in [-0.39, 0.29) is 65.2 Å². The summed E-state index contributed by atoms with van der Waals surface area (Å²) in [4.78, 5) is 94.3. The van der Waals surface area contributed by atoms with Gasteiger partial charge in [-0.1, -0.05) is 24.6 Å². The SMILES string of the molecule is CC(C)n1cnc2cc(-c3ccc4c(c3)N([C@H]3C[C@@H](N5CCCCC5)C3)C(=O)C43CCN(C(=O)[C@@H]4CCN(C(=O)[C@H]5CC[C@H](Oc6ccc(C7CCC(=O)NC7=O)cn6)CC5)C4)CC3)nc(Nc3ccncc3F)c21. The van der Waals surface area contributed by atoms with Gasteiger partial charge in [-0.05, 0) is 133 Å². The molecular formula is C57H66FN11O6. The van der Waals surface area contributed by atoms with E-state index < -0.39 is 17.2 Å². The summed E-state index contributed by atoms with van der Waals surface area (Å²) in [5, 5.41) is 5.64. The first-order chi connectivity index (χ1) is 36.4. The zero-order chi connectivity index (χ0) is 51.5. The average molecular weight is 1020 g/mol. The van der Waals surface area contributed by atoms with E-state index in [0.29, 0.717) is 113 Å². The number of halogens is 1. The van der Waals surface area contributed by atoms with Gasteiger partial charge in [0.15, 0.2) is 11.6 Å². The highest BCUT2D eigenvalue weighted by molar-refractivity contribution is 6.09. The lowest BCUT2D eigenvalue weighted by Crippen LogP contribution is -2.58. The zero-order valence-corrected chi connectivity index (χ0v) is 42.9. The number of hydrogen-bond acceptors (Lipinski definition) is 12. The molecule has 0 radical (unpaired) electrons. The average Bonchev–Trinajstić information content (AvgIpc) is 4.16. The van der Waals surface area contributed by atoms with E-state index >= 15 is 9.18 Å². The number of imidazole rings is 1. The Hall–Kier alpha value is -6.82. The number of amides is 5. The fourth-order valence-electron chi connectivity index (χ4n) is 13.3. The fourth-order valence-corrected chi connectivity index (χ4v) is 13.3. The third-order valence-electron chi connectivity index (χ3n) is 17.7. The maximum atomic E-state index is 15.3. The number of nitrogens with zero attached hydrogens (tertiary/aromatic N) is 9. The second-order valence-corrected chi connectivity index (χ2v) is 22.4. The molecule has 5 aliphatic heterocycles. The smallest absolute Gasteiger partial charge is 0.238 e. The second-order valence-electron chi connectivity index (χ2n) is 22.4. The molecule has 12 rings (SSSR count). The number of nitrogens with one attached hydrogen (secondary N) is 2. The highest BCUT2D eigenvalue weighted by atomic mass is 19.1. The van der Waals surface area contributed by atoms with Gasteiger partial charge < -0.3 is 34.2 Å². The summed E-state index contributed by atoms with van der Waals surface area (Å²) < 4.78 is 23.3. The summed E-state index contributed by atoms with van der Waals surface area (Å²) in [5.41, 5.74) is 5.11. The minimum atomic E-state index is -0.768. The van der Waals surface area contributed by atoms with Crippen molar-refractivity contribution in [3.05, 3.63) is 84.3 Å². The van der Waals surface area contributed by atoms with Gasteiger partial charge >= 0.3 is 0 Å². The van der Waals surface area contributed by atoms with Gasteiger partial charge in [-0.15, -0.1) is 0 Å². The van der Waals surface area contributed by atoms with E-state index in [1.54, 1.807) is 24.7 Å². The molecule has 2 aliphatic carbocycles. The Bertz CT molecular complexity index is 3030. The van der Waals surface area contributed by atoms with Crippen LogP contribution in [0, 0.1) is 17.7 Å². The van der Waals surface area contributed by atoms with Gasteiger partial charge in [-0.25, -0.2) is 19.3 Å². The minimum absolute atomic E-state index is 0.0621. The highest BCUT2D eigenvalue weighted by Crippen LogP contribution is 2.52. The molecule has 2 atom stereocenters. The zero-order valence-electron chi connectivity index (χ0n) is 42.9. The molecule has 2 N–H and O–H groups in total. The van der Waals surface area contributed by atoms with Crippen LogP contribution in [0.25, 0.3) is 22.3 Å². The summed E-state index contributed by atoms with van der Waals surface area (Å²) in [7, 11) is 0. The number of carbonyl (C=O) groups excluding carboxylic acids is 5. The molecule has 1 aromatic carbocycles. The van der Waals surface area contributed by atoms with Crippen LogP contribution in [0.4, 0.5) is 21.6 Å². The topological polar surface area (TPSA) is 188 Å². The van der Waals surface area contributed by atoms with Gasteiger partial charge in [-0.3, -0.25) is 34.3 Å². The molecule has 7 aliphatic rings. The second kappa shape index (κ2) is 20.0. The molecular weight excluding hydrogens is 954 g/mol. The molecule has 1 spiro atoms. The van der Waals surface area contributed by atoms with Crippen LogP contribution in [0.3, 0.4) is 0 Å². The number of ether oxygens (including phenoxy) is 1. The van der Waals surface area contributed by atoms with Gasteiger partial charge in [0, 0.05) is 86.4 Å². The van der Waals surface area contributed by atoms with Crippen molar-refractivity contribution in [1.29, 1.82) is 0 Å². The van der Waals surface area contributed by atoms with E-state index in [4.69, 9.17) is 14.7 Å². The maximum absolute atomic E-state index is 15.3. The minimum Gasteiger partial charge on any atom is -0.474 e. The number of likely N-dealkylation sites (tertiary alicyclic amines) is 3. The summed E-state index contributed by atoms with van der Waals surface area (Å²) in [5.74, 6) is -0.622. The number of hydrogen-bond donors (Lipinski definition) is 2. The Kier molecular flexibility index (Phi) is 13.1. The number of pyridine rings is 3. The van der Waals surface area contributed by atoms with E-state index in [1.807, 2.05) is 32.6 Å². The third kappa shape index (κ3) is 9.20. The standard InChI is InChI=1S/C57H66FN11O6/c1-34(2)68-33-61-47-29-46(63-52(51(47)68)62-45-16-20-59-31-44(45)58)36-8-13-43-48(26-36)69(40-27-39(28-40)65-21-4-3-5-22-65)56(74)57(43)18-24-66(25-19-57)55(73)38-17-23-67(32-38)54(72)35-6-10-41(11-7-35)75-50-15-9-37(30-60-50)42-12-14-49(70)64-53(42)71/h8-9,13,15-16,20,26,29-31,33-35,38-42H,3-7,10-12,14,17-19,21-25,27-28,32H2,1-2H3,(H,59,62,63)(H,64,70,71)/t35-,38-,39-,40+,41-,42?/m1/s1. The Labute approximate surface area is 436 Å². The molecule has 18 heteroatoms. The van der Waals surface area contributed by atoms with Crippen molar-refractivity contribution < 1.29 is 33.1 Å². The van der Waals surface area contributed by atoms with Crippen LogP contribution >= 0.6 is 0 Å². The van der Waals surface area contributed by atoms with Crippen LogP contribution < -0.4 is 20.3 Å². The van der Waals surface area contributed by atoms with Crippen LogP contribution in [0.5, 0.6) is 5.88 Å².